The van der Waals surface area contributed by atoms with Gasteiger partial charge < -0.3 is 10.6 Å². The average molecular weight is 196 g/mol. The average Bonchev–Trinajstić information content (AvgIpc) is 2.13. The van der Waals surface area contributed by atoms with Gasteiger partial charge in [0.15, 0.2) is 0 Å². The molecule has 2 nitrogen and oxygen atoms in total. The highest BCUT2D eigenvalue weighted by Gasteiger charge is 2.35. The molecule has 0 bridgehead atoms. The van der Waals surface area contributed by atoms with E-state index in [1.807, 2.05) is 0 Å². The van der Waals surface area contributed by atoms with Gasteiger partial charge in [0.2, 0.25) is 0 Å². The Labute approximate surface area is 87.8 Å². The lowest BCUT2D eigenvalue weighted by Gasteiger charge is -2.43. The smallest absolute Gasteiger partial charge is 0.0192 e. The molecule has 2 N–H and O–H groups in total. The van der Waals surface area contributed by atoms with E-state index < -0.39 is 0 Å². The van der Waals surface area contributed by atoms with Crippen molar-refractivity contribution in [3.63, 3.8) is 0 Å². The van der Waals surface area contributed by atoms with E-state index in [1.54, 1.807) is 0 Å². The number of nitrogens with one attached hydrogen (secondary N) is 2. The van der Waals surface area contributed by atoms with E-state index in [0.717, 1.165) is 12.1 Å². The molecule has 14 heavy (non-hydrogen) atoms. The predicted octanol–water partition coefficient (Wildman–Crippen LogP) is 1.91. The summed E-state index contributed by atoms with van der Waals surface area (Å²) in [6, 6.07) is 1.54. The van der Waals surface area contributed by atoms with Crippen LogP contribution in [0, 0.1) is 5.41 Å². The summed E-state index contributed by atoms with van der Waals surface area (Å²) in [6.07, 6.45) is 6.87. The Kier molecular flexibility index (Phi) is 3.13. The summed E-state index contributed by atoms with van der Waals surface area (Å²) in [5, 5.41) is 7.26. The van der Waals surface area contributed by atoms with Gasteiger partial charge >= 0.3 is 0 Å². The van der Waals surface area contributed by atoms with Crippen molar-refractivity contribution in [1.82, 2.24) is 10.6 Å². The standard InChI is InChI=1S/C12H24N2/c1-12(2)7-11(8-12)14-9-10-5-3-4-6-13-10/h10-11,13-14H,3-9H2,1-2H3. The maximum Gasteiger partial charge on any atom is 0.0192 e. The lowest BCUT2D eigenvalue weighted by Crippen LogP contribution is -2.51. The van der Waals surface area contributed by atoms with E-state index in [2.05, 4.69) is 24.5 Å². The summed E-state index contributed by atoms with van der Waals surface area (Å²) in [4.78, 5) is 0. The second-order valence-corrected chi connectivity index (χ2v) is 5.82. The third-order valence-corrected chi connectivity index (χ3v) is 3.66. The van der Waals surface area contributed by atoms with E-state index >= 15 is 0 Å². The second kappa shape index (κ2) is 4.19. The first-order chi connectivity index (χ1) is 6.66. The van der Waals surface area contributed by atoms with E-state index in [4.69, 9.17) is 0 Å². The Hall–Kier alpha value is -0.0800. The third-order valence-electron chi connectivity index (χ3n) is 3.66. The normalized spacial score (nSPS) is 32.6. The molecule has 1 unspecified atom stereocenters. The molecule has 0 aromatic rings. The molecule has 0 aromatic heterocycles. The first-order valence-corrected chi connectivity index (χ1v) is 6.12. The molecule has 1 saturated carbocycles. The summed E-state index contributed by atoms with van der Waals surface area (Å²) in [6.45, 7) is 7.14. The van der Waals surface area contributed by atoms with Gasteiger partial charge in [-0.2, -0.15) is 0 Å². The van der Waals surface area contributed by atoms with Crippen molar-refractivity contribution in [3.8, 4) is 0 Å². The van der Waals surface area contributed by atoms with Crippen molar-refractivity contribution < 1.29 is 0 Å². The van der Waals surface area contributed by atoms with Crippen LogP contribution in [0.4, 0.5) is 0 Å². The lowest BCUT2D eigenvalue weighted by molar-refractivity contribution is 0.123. The molecule has 2 rings (SSSR count). The molecule has 1 aliphatic carbocycles. The van der Waals surface area contributed by atoms with Crippen molar-refractivity contribution >= 4 is 0 Å². The van der Waals surface area contributed by atoms with Gasteiger partial charge in [0.1, 0.15) is 0 Å². The number of rotatable bonds is 3. The molecule has 0 spiro atoms. The van der Waals surface area contributed by atoms with Crippen LogP contribution < -0.4 is 10.6 Å². The summed E-state index contributed by atoms with van der Waals surface area (Å²) in [5.74, 6) is 0. The Bertz CT molecular complexity index is 175. The van der Waals surface area contributed by atoms with Crippen LogP contribution in [-0.4, -0.2) is 25.2 Å². The SMILES string of the molecule is CC1(C)CC(NCC2CCCCN2)C1. The van der Waals surface area contributed by atoms with Crippen LogP contribution in [0.5, 0.6) is 0 Å². The van der Waals surface area contributed by atoms with Crippen molar-refractivity contribution in [3.05, 3.63) is 0 Å². The molecule has 2 fully saturated rings. The Morgan fingerprint density at radius 1 is 1.29 bits per heavy atom. The van der Waals surface area contributed by atoms with E-state index in [0.29, 0.717) is 5.41 Å². The molecule has 0 radical (unpaired) electrons. The maximum atomic E-state index is 3.68. The van der Waals surface area contributed by atoms with Gasteiger partial charge in [0.25, 0.3) is 0 Å². The number of hydrogen-bond donors (Lipinski definition) is 2. The van der Waals surface area contributed by atoms with Gasteiger partial charge in [0, 0.05) is 18.6 Å². The highest BCUT2D eigenvalue weighted by molar-refractivity contribution is 4.92. The predicted molar refractivity (Wildman–Crippen MR) is 60.4 cm³/mol. The van der Waals surface area contributed by atoms with Gasteiger partial charge in [-0.05, 0) is 37.6 Å². The fourth-order valence-corrected chi connectivity index (χ4v) is 2.83. The van der Waals surface area contributed by atoms with Crippen LogP contribution in [0.2, 0.25) is 0 Å². The minimum atomic E-state index is 0.609. The minimum Gasteiger partial charge on any atom is -0.313 e. The van der Waals surface area contributed by atoms with Gasteiger partial charge in [-0.15, -0.1) is 0 Å². The number of hydrogen-bond acceptors (Lipinski definition) is 2. The van der Waals surface area contributed by atoms with Crippen molar-refractivity contribution in [2.45, 2.75) is 58.0 Å². The highest BCUT2D eigenvalue weighted by Crippen LogP contribution is 2.39. The topological polar surface area (TPSA) is 24.1 Å². The summed E-state index contributed by atoms with van der Waals surface area (Å²) in [7, 11) is 0. The molecule has 1 atom stereocenters. The van der Waals surface area contributed by atoms with Gasteiger partial charge in [-0.1, -0.05) is 20.3 Å². The molecule has 0 amide bonds. The molecule has 1 saturated heterocycles. The molecule has 1 heterocycles. The molecule has 2 heteroatoms. The zero-order valence-electron chi connectivity index (χ0n) is 9.60. The van der Waals surface area contributed by atoms with Crippen LogP contribution in [0.25, 0.3) is 0 Å². The van der Waals surface area contributed by atoms with E-state index in [1.165, 1.54) is 45.2 Å². The Morgan fingerprint density at radius 2 is 2.07 bits per heavy atom. The highest BCUT2D eigenvalue weighted by atomic mass is 15.0. The van der Waals surface area contributed by atoms with Crippen LogP contribution in [0.1, 0.15) is 46.0 Å². The molecule has 1 aliphatic heterocycles. The molecular weight excluding hydrogens is 172 g/mol. The van der Waals surface area contributed by atoms with E-state index in [9.17, 15) is 0 Å². The van der Waals surface area contributed by atoms with Gasteiger partial charge in [0.05, 0.1) is 0 Å². The molecule has 0 aromatic carbocycles. The van der Waals surface area contributed by atoms with Crippen LogP contribution in [-0.2, 0) is 0 Å². The van der Waals surface area contributed by atoms with Gasteiger partial charge in [-0.3, -0.25) is 0 Å². The fourth-order valence-electron chi connectivity index (χ4n) is 2.83. The minimum absolute atomic E-state index is 0.609. The van der Waals surface area contributed by atoms with Crippen molar-refractivity contribution in [1.29, 1.82) is 0 Å². The molecule has 2 aliphatic rings. The van der Waals surface area contributed by atoms with Crippen molar-refractivity contribution in [2.24, 2.45) is 5.41 Å². The van der Waals surface area contributed by atoms with Crippen molar-refractivity contribution in [2.75, 3.05) is 13.1 Å². The third kappa shape index (κ3) is 2.71. The largest absolute Gasteiger partial charge is 0.313 e. The molecule has 82 valence electrons. The monoisotopic (exact) mass is 196 g/mol. The first kappa shape index (κ1) is 10.4. The zero-order valence-corrected chi connectivity index (χ0v) is 9.60. The fraction of sp³-hybridized carbons (Fsp3) is 1.00. The summed E-state index contributed by atoms with van der Waals surface area (Å²) >= 11 is 0. The number of piperidine rings is 1. The first-order valence-electron chi connectivity index (χ1n) is 6.12. The zero-order chi connectivity index (χ0) is 10.0. The maximum absolute atomic E-state index is 3.68. The van der Waals surface area contributed by atoms with E-state index in [-0.39, 0.29) is 0 Å². The Morgan fingerprint density at radius 3 is 2.64 bits per heavy atom. The quantitative estimate of drug-likeness (QED) is 0.720. The summed E-state index contributed by atoms with van der Waals surface area (Å²) in [5.41, 5.74) is 0.609. The van der Waals surface area contributed by atoms with Crippen LogP contribution in [0.3, 0.4) is 0 Å². The van der Waals surface area contributed by atoms with Crippen LogP contribution in [0.15, 0.2) is 0 Å². The molecular formula is C12H24N2. The van der Waals surface area contributed by atoms with Gasteiger partial charge in [-0.25, -0.2) is 0 Å². The van der Waals surface area contributed by atoms with Crippen LogP contribution >= 0.6 is 0 Å². The lowest BCUT2D eigenvalue weighted by atomic mass is 9.68. The summed E-state index contributed by atoms with van der Waals surface area (Å²) < 4.78 is 0. The second-order valence-electron chi connectivity index (χ2n) is 5.82. The Balaban J connectivity index is 1.59.